The molecule has 2 aliphatic heterocycles. The van der Waals surface area contributed by atoms with Gasteiger partial charge in [-0.1, -0.05) is 19.3 Å². The van der Waals surface area contributed by atoms with Gasteiger partial charge in [-0.15, -0.1) is 0 Å². The summed E-state index contributed by atoms with van der Waals surface area (Å²) in [5.41, 5.74) is 2.28. The molecular weight excluding hydrogens is 328 g/mol. The molecule has 2 amide bonds. The van der Waals surface area contributed by atoms with Crippen LogP contribution in [0.4, 0.5) is 4.79 Å². The summed E-state index contributed by atoms with van der Waals surface area (Å²) in [6.07, 6.45) is 6.86. The molecule has 1 aromatic rings. The van der Waals surface area contributed by atoms with Crippen LogP contribution in [0.15, 0.2) is 6.07 Å². The first-order chi connectivity index (χ1) is 12.7. The predicted octanol–water partition coefficient (Wildman–Crippen LogP) is 1.49. The van der Waals surface area contributed by atoms with Gasteiger partial charge in [0, 0.05) is 45.3 Å². The van der Waals surface area contributed by atoms with Crippen molar-refractivity contribution in [1.82, 2.24) is 29.8 Å². The average molecular weight is 361 g/mol. The highest BCUT2D eigenvalue weighted by Crippen LogP contribution is 2.26. The maximum Gasteiger partial charge on any atom is 0.317 e. The van der Waals surface area contributed by atoms with Crippen molar-refractivity contribution in [3.8, 4) is 0 Å². The molecule has 7 heteroatoms. The molecule has 1 aliphatic carbocycles. The summed E-state index contributed by atoms with van der Waals surface area (Å²) in [5, 5.41) is 7.75. The number of carbonyl (C=O) groups excluding carboxylic acids is 1. The lowest BCUT2D eigenvalue weighted by Gasteiger charge is -2.36. The maximum absolute atomic E-state index is 12.3. The smallest absolute Gasteiger partial charge is 0.317 e. The summed E-state index contributed by atoms with van der Waals surface area (Å²) < 4.78 is 2.14. The lowest BCUT2D eigenvalue weighted by molar-refractivity contribution is 0.119. The molecule has 26 heavy (non-hydrogen) atoms. The van der Waals surface area contributed by atoms with Crippen LogP contribution in [-0.4, -0.2) is 76.3 Å². The maximum atomic E-state index is 12.3. The molecule has 3 aliphatic rings. The van der Waals surface area contributed by atoms with Crippen molar-refractivity contribution in [2.24, 2.45) is 0 Å². The van der Waals surface area contributed by atoms with Crippen molar-refractivity contribution in [2.45, 2.75) is 57.8 Å². The summed E-state index contributed by atoms with van der Waals surface area (Å²) in [6, 6.07) is 2.97. The Balaban J connectivity index is 1.29. The fraction of sp³-hybridized carbons (Fsp3) is 0.789. The Morgan fingerprint density at radius 3 is 2.65 bits per heavy atom. The largest absolute Gasteiger partial charge is 0.332 e. The molecule has 1 saturated carbocycles. The fourth-order valence-electron chi connectivity index (χ4n) is 4.48. The third-order valence-corrected chi connectivity index (χ3v) is 6.18. The fourth-order valence-corrected chi connectivity index (χ4v) is 4.48. The number of amides is 2. The predicted molar refractivity (Wildman–Crippen MR) is 101 cm³/mol. The van der Waals surface area contributed by atoms with Crippen molar-refractivity contribution in [3.05, 3.63) is 17.5 Å². The highest BCUT2D eigenvalue weighted by atomic mass is 16.2. The normalized spacial score (nSPS) is 23.0. The standard InChI is InChI=1S/C19H32N6O/c1-22-7-9-23(10-8-22)19(26)20-14-16-13-18-15-24(11-12-25(18)21-16)17-5-3-2-4-6-17/h13,17H,2-12,14-15H2,1H3,(H,20,26). The Bertz CT molecular complexity index is 616. The number of nitrogens with zero attached hydrogens (tertiary/aromatic N) is 5. The molecular formula is C19H32N6O. The number of nitrogens with one attached hydrogen (secondary N) is 1. The van der Waals surface area contributed by atoms with Gasteiger partial charge in [0.1, 0.15) is 0 Å². The number of fused-ring (bicyclic) bond motifs is 1. The van der Waals surface area contributed by atoms with Gasteiger partial charge >= 0.3 is 6.03 Å². The van der Waals surface area contributed by atoms with Crippen molar-refractivity contribution >= 4 is 6.03 Å². The number of hydrogen-bond donors (Lipinski definition) is 1. The zero-order valence-corrected chi connectivity index (χ0v) is 16.0. The first-order valence-corrected chi connectivity index (χ1v) is 10.2. The van der Waals surface area contributed by atoms with Crippen molar-refractivity contribution in [1.29, 1.82) is 0 Å². The van der Waals surface area contributed by atoms with Crippen LogP contribution in [0.1, 0.15) is 43.5 Å². The molecule has 0 unspecified atom stereocenters. The van der Waals surface area contributed by atoms with Crippen LogP contribution >= 0.6 is 0 Å². The zero-order chi connectivity index (χ0) is 17.9. The molecule has 1 N–H and O–H groups in total. The van der Waals surface area contributed by atoms with Crippen LogP contribution in [0.25, 0.3) is 0 Å². The monoisotopic (exact) mass is 360 g/mol. The molecule has 2 fully saturated rings. The molecule has 4 rings (SSSR count). The van der Waals surface area contributed by atoms with E-state index in [2.05, 4.69) is 32.9 Å². The van der Waals surface area contributed by atoms with Crippen LogP contribution in [0, 0.1) is 0 Å². The van der Waals surface area contributed by atoms with Gasteiger partial charge in [0.05, 0.1) is 24.5 Å². The van der Waals surface area contributed by atoms with E-state index in [1.807, 2.05) is 4.90 Å². The van der Waals surface area contributed by atoms with E-state index in [1.54, 1.807) is 0 Å². The van der Waals surface area contributed by atoms with Crippen LogP contribution in [0.3, 0.4) is 0 Å². The van der Waals surface area contributed by atoms with Crippen molar-refractivity contribution < 1.29 is 4.79 Å². The minimum atomic E-state index is 0.0351. The third kappa shape index (κ3) is 4.04. The second-order valence-corrected chi connectivity index (χ2v) is 8.06. The van der Waals surface area contributed by atoms with E-state index >= 15 is 0 Å². The van der Waals surface area contributed by atoms with E-state index in [-0.39, 0.29) is 6.03 Å². The summed E-state index contributed by atoms with van der Waals surface area (Å²) in [5.74, 6) is 0. The van der Waals surface area contributed by atoms with Crippen molar-refractivity contribution in [3.63, 3.8) is 0 Å². The molecule has 0 radical (unpaired) electrons. The van der Waals surface area contributed by atoms with Gasteiger partial charge < -0.3 is 15.1 Å². The summed E-state index contributed by atoms with van der Waals surface area (Å²) >= 11 is 0. The van der Waals surface area contributed by atoms with Gasteiger partial charge in [-0.3, -0.25) is 9.58 Å². The Morgan fingerprint density at radius 2 is 1.88 bits per heavy atom. The molecule has 1 aromatic heterocycles. The second-order valence-electron chi connectivity index (χ2n) is 8.06. The van der Waals surface area contributed by atoms with Gasteiger partial charge in [-0.25, -0.2) is 4.79 Å². The van der Waals surface area contributed by atoms with Crippen LogP contribution in [0.5, 0.6) is 0 Å². The number of aromatic nitrogens is 2. The second kappa shape index (κ2) is 7.96. The zero-order valence-electron chi connectivity index (χ0n) is 16.0. The Morgan fingerprint density at radius 1 is 1.12 bits per heavy atom. The van der Waals surface area contributed by atoms with E-state index in [4.69, 9.17) is 5.10 Å². The minimum absolute atomic E-state index is 0.0351. The third-order valence-electron chi connectivity index (χ3n) is 6.18. The highest BCUT2D eigenvalue weighted by molar-refractivity contribution is 5.74. The van der Waals surface area contributed by atoms with E-state index in [9.17, 15) is 4.79 Å². The first-order valence-electron chi connectivity index (χ1n) is 10.2. The Labute approximate surface area is 156 Å². The molecule has 0 aromatic carbocycles. The molecule has 7 nitrogen and oxygen atoms in total. The van der Waals surface area contributed by atoms with E-state index in [0.717, 1.165) is 57.5 Å². The number of urea groups is 1. The summed E-state index contributed by atoms with van der Waals surface area (Å²) in [6.45, 7) is 7.10. The lowest BCUT2D eigenvalue weighted by Crippen LogP contribution is -2.50. The van der Waals surface area contributed by atoms with Gasteiger partial charge in [-0.2, -0.15) is 5.10 Å². The Kier molecular flexibility index (Phi) is 5.45. The van der Waals surface area contributed by atoms with Crippen LogP contribution in [-0.2, 0) is 19.6 Å². The Hall–Kier alpha value is -1.60. The molecule has 0 bridgehead atoms. The first kappa shape index (κ1) is 17.8. The number of hydrogen-bond acceptors (Lipinski definition) is 4. The number of likely N-dealkylation sites (N-methyl/N-ethyl adjacent to an activating group) is 1. The average Bonchev–Trinajstić information content (AvgIpc) is 3.09. The molecule has 0 spiro atoms. The van der Waals surface area contributed by atoms with Crippen molar-refractivity contribution in [2.75, 3.05) is 39.8 Å². The van der Waals surface area contributed by atoms with Crippen LogP contribution in [0.2, 0.25) is 0 Å². The van der Waals surface area contributed by atoms with E-state index in [1.165, 1.54) is 37.8 Å². The molecule has 0 atom stereocenters. The molecule has 1 saturated heterocycles. The number of piperazine rings is 1. The number of carbonyl (C=O) groups is 1. The quantitative estimate of drug-likeness (QED) is 0.887. The summed E-state index contributed by atoms with van der Waals surface area (Å²) in [7, 11) is 2.10. The van der Waals surface area contributed by atoms with Crippen LogP contribution < -0.4 is 5.32 Å². The van der Waals surface area contributed by atoms with Gasteiger partial charge in [0.15, 0.2) is 0 Å². The molecule has 144 valence electrons. The topological polar surface area (TPSA) is 56.6 Å². The number of rotatable bonds is 3. The SMILES string of the molecule is CN1CCN(C(=O)NCc2cc3n(n2)CCN(C2CCCCC2)C3)CC1. The van der Waals surface area contributed by atoms with Gasteiger partial charge in [-0.05, 0) is 26.0 Å². The highest BCUT2D eigenvalue weighted by Gasteiger charge is 2.26. The van der Waals surface area contributed by atoms with Gasteiger partial charge in [0.25, 0.3) is 0 Å². The van der Waals surface area contributed by atoms with E-state index < -0.39 is 0 Å². The van der Waals surface area contributed by atoms with Gasteiger partial charge in [0.2, 0.25) is 0 Å². The molecule has 3 heterocycles. The minimum Gasteiger partial charge on any atom is -0.332 e. The van der Waals surface area contributed by atoms with E-state index in [0.29, 0.717) is 6.54 Å². The lowest BCUT2D eigenvalue weighted by atomic mass is 9.94. The summed E-state index contributed by atoms with van der Waals surface area (Å²) in [4.78, 5) is 19.1.